The predicted octanol–water partition coefficient (Wildman–Crippen LogP) is 1.05. The first-order valence-corrected chi connectivity index (χ1v) is 10.1. The van der Waals surface area contributed by atoms with Crippen molar-refractivity contribution in [1.29, 1.82) is 0 Å². The van der Waals surface area contributed by atoms with Crippen LogP contribution in [0, 0.1) is 0 Å². The average Bonchev–Trinajstić information content (AvgIpc) is 2.49. The fourth-order valence-electron chi connectivity index (χ4n) is 2.16. The van der Waals surface area contributed by atoms with Crippen LogP contribution in [0.5, 0.6) is 5.75 Å². The number of aliphatic hydroxyl groups excluding tert-OH is 1. The molecule has 1 unspecified atom stereocenters. The summed E-state index contributed by atoms with van der Waals surface area (Å²) in [7, 11) is -9.30. The summed E-state index contributed by atoms with van der Waals surface area (Å²) in [6.45, 7) is -0.104. The summed E-state index contributed by atoms with van der Waals surface area (Å²) in [5.41, 5.74) is 0.00804. The Morgan fingerprint density at radius 1 is 1.00 bits per heavy atom. The van der Waals surface area contributed by atoms with Gasteiger partial charge in [-0.3, -0.25) is 9.11 Å². The van der Waals surface area contributed by atoms with Crippen molar-refractivity contribution in [3.8, 4) is 5.75 Å². The van der Waals surface area contributed by atoms with E-state index in [1.165, 1.54) is 0 Å². The van der Waals surface area contributed by atoms with Gasteiger partial charge in [0, 0.05) is 23.7 Å². The van der Waals surface area contributed by atoms with Gasteiger partial charge in [0.15, 0.2) is 0 Å². The van der Waals surface area contributed by atoms with Crippen molar-refractivity contribution in [3.63, 3.8) is 0 Å². The van der Waals surface area contributed by atoms with Gasteiger partial charge in [-0.15, -0.1) is 11.6 Å². The number of benzene rings is 2. The van der Waals surface area contributed by atoms with Gasteiger partial charge in [0.2, 0.25) is 0 Å². The number of phenols is 1. The highest BCUT2D eigenvalue weighted by atomic mass is 35.5. The van der Waals surface area contributed by atoms with Crippen molar-refractivity contribution in [2.45, 2.75) is 15.9 Å². The number of nitrogens with one attached hydrogen (secondary N) is 1. The lowest BCUT2D eigenvalue weighted by Crippen LogP contribution is -2.21. The van der Waals surface area contributed by atoms with Gasteiger partial charge in [-0.1, -0.05) is 0 Å². The Bertz CT molecular complexity index is 1010. The molecule has 0 fully saturated rings. The summed E-state index contributed by atoms with van der Waals surface area (Å²) in [6.07, 6.45) is -0.981. The summed E-state index contributed by atoms with van der Waals surface area (Å²) in [5.74, 6) is -0.670. The molecule has 12 heteroatoms. The van der Waals surface area contributed by atoms with E-state index >= 15 is 0 Å². The van der Waals surface area contributed by atoms with Crippen LogP contribution in [-0.4, -0.2) is 54.7 Å². The van der Waals surface area contributed by atoms with Crippen molar-refractivity contribution in [3.05, 3.63) is 24.3 Å². The number of phenolic OH excluding ortho intramolecular Hbond substituents is 1. The van der Waals surface area contributed by atoms with E-state index in [0.717, 1.165) is 24.3 Å². The van der Waals surface area contributed by atoms with Crippen molar-refractivity contribution in [1.82, 2.24) is 0 Å². The molecule has 0 saturated carbocycles. The molecule has 2 rings (SSSR count). The Morgan fingerprint density at radius 2 is 1.52 bits per heavy atom. The highest BCUT2D eigenvalue weighted by Gasteiger charge is 2.19. The third-order valence-electron chi connectivity index (χ3n) is 3.28. The highest BCUT2D eigenvalue weighted by molar-refractivity contribution is 7.86. The van der Waals surface area contributed by atoms with Gasteiger partial charge in [-0.2, -0.15) is 16.8 Å². The minimum atomic E-state index is -4.66. The zero-order chi connectivity index (χ0) is 19.0. The van der Waals surface area contributed by atoms with E-state index in [4.69, 9.17) is 16.2 Å². The largest absolute Gasteiger partial charge is 0.507 e. The third-order valence-corrected chi connectivity index (χ3v) is 5.30. The zero-order valence-corrected chi connectivity index (χ0v) is 14.8. The van der Waals surface area contributed by atoms with Gasteiger partial charge in [0.25, 0.3) is 20.2 Å². The minimum Gasteiger partial charge on any atom is -0.507 e. The van der Waals surface area contributed by atoms with Crippen molar-refractivity contribution in [2.24, 2.45) is 0 Å². The fourth-order valence-corrected chi connectivity index (χ4v) is 3.35. The lowest BCUT2D eigenvalue weighted by atomic mass is 10.1. The molecule has 0 saturated heterocycles. The van der Waals surface area contributed by atoms with Gasteiger partial charge in [-0.25, -0.2) is 0 Å². The van der Waals surface area contributed by atoms with E-state index in [2.05, 4.69) is 5.32 Å². The van der Waals surface area contributed by atoms with E-state index in [1.807, 2.05) is 0 Å². The van der Waals surface area contributed by atoms with E-state index in [9.17, 15) is 31.6 Å². The second kappa shape index (κ2) is 6.94. The predicted molar refractivity (Wildman–Crippen MR) is 90.5 cm³/mol. The van der Waals surface area contributed by atoms with Gasteiger partial charge in [-0.05, 0) is 23.6 Å². The smallest absolute Gasteiger partial charge is 0.294 e. The van der Waals surface area contributed by atoms with Crippen LogP contribution in [0.15, 0.2) is 34.1 Å². The van der Waals surface area contributed by atoms with E-state index < -0.39 is 41.9 Å². The summed E-state index contributed by atoms with van der Waals surface area (Å²) < 4.78 is 63.7. The molecule has 5 N–H and O–H groups in total. The molecule has 138 valence electrons. The molecule has 1 atom stereocenters. The number of halogens is 1. The number of rotatable bonds is 6. The molecule has 0 aliphatic heterocycles. The summed E-state index contributed by atoms with van der Waals surface area (Å²) in [6, 6.07) is 3.66. The van der Waals surface area contributed by atoms with Gasteiger partial charge < -0.3 is 15.5 Å². The molecule has 0 aliphatic rings. The van der Waals surface area contributed by atoms with Gasteiger partial charge in [0.05, 0.1) is 21.8 Å². The molecule has 0 bridgehead atoms. The number of fused-ring (bicyclic) bond motifs is 1. The maximum absolute atomic E-state index is 11.4. The molecule has 0 radical (unpaired) electrons. The molecular formula is C13H14ClNO8S2. The maximum Gasteiger partial charge on any atom is 0.294 e. The lowest BCUT2D eigenvalue weighted by molar-refractivity contribution is 0.211. The van der Waals surface area contributed by atoms with Crippen molar-refractivity contribution < 1.29 is 36.2 Å². The Labute approximate surface area is 148 Å². The molecule has 2 aromatic carbocycles. The summed E-state index contributed by atoms with van der Waals surface area (Å²) in [4.78, 5) is -1.23. The maximum atomic E-state index is 11.4. The molecule has 0 heterocycles. The van der Waals surface area contributed by atoms with Crippen LogP contribution in [0.2, 0.25) is 0 Å². The Kier molecular flexibility index (Phi) is 5.47. The van der Waals surface area contributed by atoms with Crippen molar-refractivity contribution in [2.75, 3.05) is 17.7 Å². The molecule has 25 heavy (non-hydrogen) atoms. The summed E-state index contributed by atoms with van der Waals surface area (Å²) >= 11 is 5.47. The third kappa shape index (κ3) is 4.51. The second-order valence-corrected chi connectivity index (χ2v) is 8.30. The number of aromatic hydroxyl groups is 1. The van der Waals surface area contributed by atoms with Crippen LogP contribution < -0.4 is 5.32 Å². The van der Waals surface area contributed by atoms with E-state index in [-0.39, 0.29) is 28.9 Å². The fraction of sp³-hybridized carbons (Fsp3) is 0.231. The number of hydrogen-bond donors (Lipinski definition) is 5. The molecule has 0 aromatic heterocycles. The highest BCUT2D eigenvalue weighted by Crippen LogP contribution is 2.36. The number of anilines is 1. The average molecular weight is 412 g/mol. The SMILES string of the molecule is O=S(=O)(O)c1cc(O)c2c(NCC(O)CCl)cc(S(=O)(=O)O)cc2c1. The van der Waals surface area contributed by atoms with Crippen LogP contribution in [-0.2, 0) is 20.2 Å². The van der Waals surface area contributed by atoms with E-state index in [1.54, 1.807) is 0 Å². The quantitative estimate of drug-likeness (QED) is 0.345. The standard InChI is InChI=1S/C13H14ClNO8S2/c14-5-8(16)6-15-11-3-9(24(18,19)20)1-7-2-10(25(21,22)23)4-12(17)13(7)11/h1-4,8,15-17H,5-6H2,(H,18,19,20)(H,21,22,23). The summed E-state index contributed by atoms with van der Waals surface area (Å²) in [5, 5.41) is 22.2. The molecular weight excluding hydrogens is 398 g/mol. The molecule has 0 amide bonds. The monoisotopic (exact) mass is 411 g/mol. The van der Waals surface area contributed by atoms with Crippen molar-refractivity contribution >= 4 is 48.3 Å². The number of aliphatic hydroxyl groups is 1. The van der Waals surface area contributed by atoms with Gasteiger partial charge >= 0.3 is 0 Å². The van der Waals surface area contributed by atoms with Crippen LogP contribution in [0.25, 0.3) is 10.8 Å². The van der Waals surface area contributed by atoms with Crippen LogP contribution in [0.3, 0.4) is 0 Å². The number of alkyl halides is 1. The zero-order valence-electron chi connectivity index (χ0n) is 12.4. The lowest BCUT2D eigenvalue weighted by Gasteiger charge is -2.15. The topological polar surface area (TPSA) is 161 Å². The minimum absolute atomic E-state index is 0.00804. The molecule has 0 aliphatic carbocycles. The Morgan fingerprint density at radius 3 is 2.00 bits per heavy atom. The Balaban J connectivity index is 2.76. The first kappa shape index (κ1) is 19.7. The molecule has 0 spiro atoms. The van der Waals surface area contributed by atoms with Crippen LogP contribution in [0.1, 0.15) is 0 Å². The van der Waals surface area contributed by atoms with Crippen LogP contribution in [0.4, 0.5) is 5.69 Å². The number of hydrogen-bond acceptors (Lipinski definition) is 7. The Hall–Kier alpha value is -1.63. The van der Waals surface area contributed by atoms with Crippen LogP contribution >= 0.6 is 11.6 Å². The first-order valence-electron chi connectivity index (χ1n) is 6.67. The normalized spacial score (nSPS) is 13.8. The van der Waals surface area contributed by atoms with E-state index in [0.29, 0.717) is 0 Å². The first-order chi connectivity index (χ1) is 11.4. The molecule has 2 aromatic rings. The molecule has 9 nitrogen and oxygen atoms in total. The second-order valence-electron chi connectivity index (χ2n) is 5.15. The van der Waals surface area contributed by atoms with Gasteiger partial charge in [0.1, 0.15) is 5.75 Å².